The highest BCUT2D eigenvalue weighted by Crippen LogP contribution is 2.01. The van der Waals surface area contributed by atoms with Crippen LogP contribution in [0.5, 0.6) is 0 Å². The van der Waals surface area contributed by atoms with Crippen LogP contribution >= 0.6 is 0 Å². The molecule has 7 nitrogen and oxygen atoms in total. The van der Waals surface area contributed by atoms with Crippen LogP contribution in [0.1, 0.15) is 0 Å². The zero-order valence-corrected chi connectivity index (χ0v) is 9.68. The zero-order chi connectivity index (χ0) is 11.4. The Bertz CT molecular complexity index is 263. The average molecular weight is 245 g/mol. The number of hydrogen-bond acceptors (Lipinski definition) is 5. The summed E-state index contributed by atoms with van der Waals surface area (Å²) in [6.45, 7) is 0.550. The number of aliphatic hydroxyl groups excluding tert-OH is 2. The van der Waals surface area contributed by atoms with Gasteiger partial charge in [-0.05, 0) is 0 Å². The van der Waals surface area contributed by atoms with Crippen molar-refractivity contribution in [1.82, 2.24) is 0 Å². The number of likely N-dealkylation sites (N-methyl/N-ethyl adjacent to an activating group) is 1. The lowest BCUT2D eigenvalue weighted by Gasteiger charge is -2.30. The molecule has 0 aromatic rings. The molecule has 0 rings (SSSR count). The third-order valence-corrected chi connectivity index (χ3v) is 2.62. The third-order valence-electron chi connectivity index (χ3n) is 1.81. The van der Waals surface area contributed by atoms with E-state index in [1.807, 2.05) is 0 Å². The van der Waals surface area contributed by atoms with E-state index in [2.05, 4.69) is 0 Å². The summed E-state index contributed by atoms with van der Waals surface area (Å²) in [6, 6.07) is 0. The highest BCUT2D eigenvalue weighted by Gasteiger charge is 2.23. The Kier molecular flexibility index (Phi) is 7.27. The van der Waals surface area contributed by atoms with Crippen molar-refractivity contribution in [3.8, 4) is 0 Å². The van der Waals surface area contributed by atoms with Crippen LogP contribution in [0.4, 0.5) is 0 Å². The molecule has 1 unspecified atom stereocenters. The summed E-state index contributed by atoms with van der Waals surface area (Å²) < 4.78 is 29.6. The van der Waals surface area contributed by atoms with E-state index in [0.29, 0.717) is 11.0 Å². The Labute approximate surface area is 89.6 Å². The number of rotatable bonds is 6. The average Bonchev–Trinajstić information content (AvgIpc) is 1.78. The van der Waals surface area contributed by atoms with Crippen LogP contribution in [-0.4, -0.2) is 78.8 Å². The van der Waals surface area contributed by atoms with Gasteiger partial charge in [-0.15, -0.1) is 0 Å². The van der Waals surface area contributed by atoms with Crippen LogP contribution in [0.3, 0.4) is 0 Å². The molecule has 0 aliphatic heterocycles. The molecule has 0 fully saturated rings. The van der Waals surface area contributed by atoms with Crippen LogP contribution in [0.15, 0.2) is 0 Å². The van der Waals surface area contributed by atoms with Gasteiger partial charge >= 0.3 is 0 Å². The van der Waals surface area contributed by atoms with Gasteiger partial charge in [0.1, 0.15) is 24.9 Å². The van der Waals surface area contributed by atoms with Crippen LogP contribution in [-0.2, 0) is 10.1 Å². The minimum Gasteiger partial charge on any atom is -0.870 e. The van der Waals surface area contributed by atoms with Crippen molar-refractivity contribution in [2.24, 2.45) is 0 Å². The van der Waals surface area contributed by atoms with Crippen molar-refractivity contribution < 1.29 is 33.1 Å². The van der Waals surface area contributed by atoms with Crippen LogP contribution in [0.2, 0.25) is 0 Å². The summed E-state index contributed by atoms with van der Waals surface area (Å²) in [4.78, 5) is 0. The highest BCUT2D eigenvalue weighted by atomic mass is 32.2. The second-order valence-electron chi connectivity index (χ2n) is 3.97. The first-order valence-corrected chi connectivity index (χ1v) is 5.83. The fourth-order valence-corrected chi connectivity index (χ4v) is 1.82. The maximum absolute atomic E-state index is 10.4. The lowest BCUT2D eigenvalue weighted by molar-refractivity contribution is -0.893. The predicted molar refractivity (Wildman–Crippen MR) is 53.3 cm³/mol. The molecule has 1 atom stereocenters. The number of hydrogen-bond donors (Lipinski definition) is 3. The van der Waals surface area contributed by atoms with Crippen LogP contribution < -0.4 is 0 Å². The molecule has 0 bridgehead atoms. The Hall–Kier alpha value is -0.250. The molecule has 0 saturated heterocycles. The maximum atomic E-state index is 10.4. The van der Waals surface area contributed by atoms with Gasteiger partial charge in [0.2, 0.25) is 0 Å². The van der Waals surface area contributed by atoms with E-state index in [1.165, 1.54) is 0 Å². The minimum absolute atomic E-state index is 0. The summed E-state index contributed by atoms with van der Waals surface area (Å²) in [6.07, 6.45) is -1.12. The molecule has 15 heavy (non-hydrogen) atoms. The van der Waals surface area contributed by atoms with Gasteiger partial charge in [-0.25, -0.2) is 0 Å². The molecule has 8 heteroatoms. The van der Waals surface area contributed by atoms with Crippen molar-refractivity contribution in [2.45, 2.75) is 6.10 Å². The summed E-state index contributed by atoms with van der Waals surface area (Å²) >= 11 is 0. The topological polar surface area (TPSA) is 125 Å². The summed E-state index contributed by atoms with van der Waals surface area (Å²) in [5.41, 5.74) is 0. The Morgan fingerprint density at radius 1 is 1.33 bits per heavy atom. The van der Waals surface area contributed by atoms with E-state index in [1.54, 1.807) is 14.1 Å². The first-order valence-electron chi connectivity index (χ1n) is 4.22. The SMILES string of the molecule is C[N+](C)(CCO)CC(O)CS(=O)(=O)O.[OH-]. The fourth-order valence-electron chi connectivity index (χ4n) is 1.23. The van der Waals surface area contributed by atoms with Crippen molar-refractivity contribution in [3.05, 3.63) is 0 Å². The molecule has 0 saturated carbocycles. The largest absolute Gasteiger partial charge is 0.870 e. The van der Waals surface area contributed by atoms with Gasteiger partial charge in [0.05, 0.1) is 20.7 Å². The van der Waals surface area contributed by atoms with Gasteiger partial charge in [0, 0.05) is 0 Å². The molecular formula is C7H19NO6S. The lowest BCUT2D eigenvalue weighted by Crippen LogP contribution is -2.48. The summed E-state index contributed by atoms with van der Waals surface area (Å²) in [5.74, 6) is -0.667. The molecule has 0 aromatic heterocycles. The van der Waals surface area contributed by atoms with Gasteiger partial charge in [0.25, 0.3) is 10.1 Å². The monoisotopic (exact) mass is 245 g/mol. The van der Waals surface area contributed by atoms with Gasteiger partial charge < -0.3 is 20.2 Å². The molecular weight excluding hydrogens is 226 g/mol. The number of aliphatic hydroxyl groups is 2. The first-order chi connectivity index (χ1) is 6.16. The Morgan fingerprint density at radius 2 is 1.80 bits per heavy atom. The highest BCUT2D eigenvalue weighted by molar-refractivity contribution is 7.85. The second-order valence-corrected chi connectivity index (χ2v) is 5.47. The van der Waals surface area contributed by atoms with Crippen molar-refractivity contribution >= 4 is 10.1 Å². The van der Waals surface area contributed by atoms with Crippen molar-refractivity contribution in [2.75, 3.05) is 39.5 Å². The van der Waals surface area contributed by atoms with Crippen LogP contribution in [0, 0.1) is 0 Å². The molecule has 0 heterocycles. The summed E-state index contributed by atoms with van der Waals surface area (Å²) in [5, 5.41) is 18.0. The van der Waals surface area contributed by atoms with Gasteiger partial charge in [-0.1, -0.05) is 0 Å². The van der Waals surface area contributed by atoms with Gasteiger partial charge in [-0.3, -0.25) is 4.55 Å². The molecule has 0 radical (unpaired) electrons. The molecule has 0 amide bonds. The predicted octanol–water partition coefficient (Wildman–Crippen LogP) is -1.87. The molecule has 0 spiro atoms. The second kappa shape index (κ2) is 6.36. The van der Waals surface area contributed by atoms with Gasteiger partial charge in [-0.2, -0.15) is 8.42 Å². The van der Waals surface area contributed by atoms with E-state index in [0.717, 1.165) is 0 Å². The van der Waals surface area contributed by atoms with E-state index >= 15 is 0 Å². The fraction of sp³-hybridized carbons (Fsp3) is 1.00. The minimum atomic E-state index is -4.13. The Balaban J connectivity index is 0. The molecule has 94 valence electrons. The zero-order valence-electron chi connectivity index (χ0n) is 8.87. The van der Waals surface area contributed by atoms with Crippen LogP contribution in [0.25, 0.3) is 0 Å². The third kappa shape index (κ3) is 10.0. The van der Waals surface area contributed by atoms with Gasteiger partial charge in [0.15, 0.2) is 0 Å². The molecule has 0 aliphatic carbocycles. The molecule has 0 aromatic carbocycles. The lowest BCUT2D eigenvalue weighted by atomic mass is 10.3. The van der Waals surface area contributed by atoms with E-state index in [4.69, 9.17) is 9.66 Å². The summed E-state index contributed by atoms with van der Waals surface area (Å²) in [7, 11) is -0.626. The number of nitrogens with zero attached hydrogens (tertiary/aromatic N) is 1. The van der Waals surface area contributed by atoms with Crippen molar-refractivity contribution in [1.29, 1.82) is 0 Å². The quantitative estimate of drug-likeness (QED) is 0.372. The van der Waals surface area contributed by atoms with E-state index in [9.17, 15) is 13.5 Å². The normalized spacial score (nSPS) is 14.5. The van der Waals surface area contributed by atoms with E-state index in [-0.39, 0.29) is 18.6 Å². The van der Waals surface area contributed by atoms with Crippen molar-refractivity contribution in [3.63, 3.8) is 0 Å². The standard InChI is InChI=1S/C7H17NO5S.H2O/c1-8(2,3-4-9)5-7(10)6-14(11,12)13;/h7,9-10H,3-6H2,1-2H3;1H2. The van der Waals surface area contributed by atoms with E-state index < -0.39 is 22.0 Å². The Morgan fingerprint density at radius 3 is 2.13 bits per heavy atom. The molecule has 4 N–H and O–H groups in total. The maximum Gasteiger partial charge on any atom is 0.267 e. The first kappa shape index (κ1) is 17.2. The number of quaternary nitrogens is 1. The molecule has 0 aliphatic rings. The smallest absolute Gasteiger partial charge is 0.267 e.